The van der Waals surface area contributed by atoms with Crippen molar-refractivity contribution < 1.29 is 4.79 Å². The summed E-state index contributed by atoms with van der Waals surface area (Å²) in [6.45, 7) is 4.55. The summed E-state index contributed by atoms with van der Waals surface area (Å²) in [5.74, 6) is 0. The van der Waals surface area contributed by atoms with Crippen LogP contribution >= 0.6 is 0 Å². The van der Waals surface area contributed by atoms with Gasteiger partial charge in [0, 0.05) is 32.7 Å². The van der Waals surface area contributed by atoms with Crippen LogP contribution in [0.4, 0.5) is 4.79 Å². The van der Waals surface area contributed by atoms with E-state index in [-0.39, 0.29) is 12.1 Å². The maximum atomic E-state index is 12.9. The first-order chi connectivity index (χ1) is 10.3. The predicted molar refractivity (Wildman–Crippen MR) is 84.2 cm³/mol. The van der Waals surface area contributed by atoms with Gasteiger partial charge < -0.3 is 14.7 Å². The summed E-state index contributed by atoms with van der Waals surface area (Å²) in [5, 5.41) is 0. The van der Waals surface area contributed by atoms with Crippen LogP contribution in [0.5, 0.6) is 0 Å². The summed E-state index contributed by atoms with van der Waals surface area (Å²) >= 11 is 0. The number of rotatable bonds is 1. The van der Waals surface area contributed by atoms with Gasteiger partial charge in [0.2, 0.25) is 0 Å². The van der Waals surface area contributed by atoms with Crippen LogP contribution in [0.1, 0.15) is 30.9 Å². The third kappa shape index (κ3) is 3.21. The van der Waals surface area contributed by atoms with Gasteiger partial charge in [-0.1, -0.05) is 30.3 Å². The van der Waals surface area contributed by atoms with Crippen molar-refractivity contribution in [3.05, 3.63) is 35.9 Å². The quantitative estimate of drug-likeness (QED) is 0.794. The fourth-order valence-corrected chi connectivity index (χ4v) is 3.38. The van der Waals surface area contributed by atoms with Crippen LogP contribution in [0, 0.1) is 0 Å². The van der Waals surface area contributed by atoms with Gasteiger partial charge >= 0.3 is 6.03 Å². The van der Waals surface area contributed by atoms with E-state index in [2.05, 4.69) is 41.1 Å². The molecule has 0 spiro atoms. The lowest BCUT2D eigenvalue weighted by Crippen LogP contribution is -2.54. The molecule has 0 saturated carbocycles. The Labute approximate surface area is 127 Å². The van der Waals surface area contributed by atoms with E-state index in [1.807, 2.05) is 11.0 Å². The average Bonchev–Trinajstić information content (AvgIpc) is 2.56. The van der Waals surface area contributed by atoms with Crippen LogP contribution in [0.3, 0.4) is 0 Å². The average molecular weight is 287 g/mol. The van der Waals surface area contributed by atoms with Gasteiger partial charge in [-0.2, -0.15) is 0 Å². The highest BCUT2D eigenvalue weighted by molar-refractivity contribution is 5.75. The number of likely N-dealkylation sites (N-methyl/N-ethyl adjacent to an activating group) is 1. The molecule has 2 heterocycles. The number of carbonyl (C=O) groups is 1. The molecular weight excluding hydrogens is 262 g/mol. The molecule has 1 atom stereocenters. The molecular formula is C17H25N3O. The Morgan fingerprint density at radius 3 is 2.43 bits per heavy atom. The molecule has 1 aromatic carbocycles. The first-order valence-electron chi connectivity index (χ1n) is 8.05. The summed E-state index contributed by atoms with van der Waals surface area (Å²) in [5.41, 5.74) is 1.24. The molecule has 0 aromatic heterocycles. The van der Waals surface area contributed by atoms with E-state index < -0.39 is 0 Å². The number of benzene rings is 1. The van der Waals surface area contributed by atoms with E-state index in [1.165, 1.54) is 12.0 Å². The molecule has 4 nitrogen and oxygen atoms in total. The topological polar surface area (TPSA) is 26.8 Å². The van der Waals surface area contributed by atoms with Gasteiger partial charge in [0.1, 0.15) is 0 Å². The smallest absolute Gasteiger partial charge is 0.320 e. The van der Waals surface area contributed by atoms with Crippen molar-refractivity contribution >= 4 is 6.03 Å². The van der Waals surface area contributed by atoms with E-state index in [0.717, 1.165) is 45.6 Å². The molecule has 0 N–H and O–H groups in total. The van der Waals surface area contributed by atoms with Crippen LogP contribution in [0.2, 0.25) is 0 Å². The first-order valence-corrected chi connectivity index (χ1v) is 8.05. The van der Waals surface area contributed by atoms with E-state index in [9.17, 15) is 4.79 Å². The standard InChI is InChI=1S/C17H25N3O/c1-18-12-13-20(17(21)19-10-6-3-7-11-19)16(14-18)15-8-4-2-5-9-15/h2,4-5,8-9,16H,3,6-7,10-14H2,1H3. The second-order valence-corrected chi connectivity index (χ2v) is 6.21. The molecule has 2 amide bonds. The molecule has 1 unspecified atom stereocenters. The van der Waals surface area contributed by atoms with Gasteiger partial charge in [-0.25, -0.2) is 4.79 Å². The molecule has 21 heavy (non-hydrogen) atoms. The van der Waals surface area contributed by atoms with Crippen molar-refractivity contribution in [1.82, 2.24) is 14.7 Å². The third-order valence-corrected chi connectivity index (χ3v) is 4.64. The Balaban J connectivity index is 1.79. The lowest BCUT2D eigenvalue weighted by Gasteiger charge is -2.43. The van der Waals surface area contributed by atoms with Crippen molar-refractivity contribution in [2.75, 3.05) is 39.8 Å². The van der Waals surface area contributed by atoms with Crippen molar-refractivity contribution in [1.29, 1.82) is 0 Å². The largest absolute Gasteiger partial charge is 0.325 e. The van der Waals surface area contributed by atoms with Gasteiger partial charge in [0.25, 0.3) is 0 Å². The van der Waals surface area contributed by atoms with Crippen LogP contribution in [-0.4, -0.2) is 60.5 Å². The molecule has 1 aromatic rings. The van der Waals surface area contributed by atoms with Crippen molar-refractivity contribution in [3.8, 4) is 0 Å². The predicted octanol–water partition coefficient (Wildman–Crippen LogP) is 2.58. The molecule has 2 fully saturated rings. The molecule has 114 valence electrons. The van der Waals surface area contributed by atoms with Crippen molar-refractivity contribution in [2.45, 2.75) is 25.3 Å². The molecule has 0 bridgehead atoms. The maximum absolute atomic E-state index is 12.9. The summed E-state index contributed by atoms with van der Waals surface area (Å²) in [6, 6.07) is 10.9. The third-order valence-electron chi connectivity index (χ3n) is 4.64. The van der Waals surface area contributed by atoms with Crippen LogP contribution in [0.15, 0.2) is 30.3 Å². The first kappa shape index (κ1) is 14.4. The van der Waals surface area contributed by atoms with Crippen molar-refractivity contribution in [2.24, 2.45) is 0 Å². The van der Waals surface area contributed by atoms with Gasteiger partial charge in [0.15, 0.2) is 0 Å². The Hall–Kier alpha value is -1.55. The number of likely N-dealkylation sites (tertiary alicyclic amines) is 1. The number of piperazine rings is 1. The number of hydrogen-bond acceptors (Lipinski definition) is 2. The number of hydrogen-bond donors (Lipinski definition) is 0. The zero-order chi connectivity index (χ0) is 14.7. The molecule has 3 rings (SSSR count). The molecule has 2 aliphatic heterocycles. The summed E-state index contributed by atoms with van der Waals surface area (Å²) < 4.78 is 0. The highest BCUT2D eigenvalue weighted by Crippen LogP contribution is 2.26. The molecule has 0 aliphatic carbocycles. The van der Waals surface area contributed by atoms with Gasteiger partial charge in [0.05, 0.1) is 6.04 Å². The minimum Gasteiger partial charge on any atom is -0.325 e. The second kappa shape index (κ2) is 6.48. The Morgan fingerprint density at radius 2 is 1.71 bits per heavy atom. The number of urea groups is 1. The fraction of sp³-hybridized carbons (Fsp3) is 0.588. The number of carbonyl (C=O) groups excluding carboxylic acids is 1. The second-order valence-electron chi connectivity index (χ2n) is 6.21. The van der Waals surface area contributed by atoms with Crippen LogP contribution in [-0.2, 0) is 0 Å². The molecule has 2 aliphatic rings. The molecule has 2 saturated heterocycles. The molecule has 0 radical (unpaired) electrons. The number of nitrogens with zero attached hydrogens (tertiary/aromatic N) is 3. The molecule has 4 heteroatoms. The number of amides is 2. The van der Waals surface area contributed by atoms with E-state index >= 15 is 0 Å². The number of piperidine rings is 1. The van der Waals surface area contributed by atoms with Crippen LogP contribution in [0.25, 0.3) is 0 Å². The Kier molecular flexibility index (Phi) is 4.44. The fourth-order valence-electron chi connectivity index (χ4n) is 3.38. The zero-order valence-corrected chi connectivity index (χ0v) is 12.9. The van der Waals surface area contributed by atoms with Crippen molar-refractivity contribution in [3.63, 3.8) is 0 Å². The van der Waals surface area contributed by atoms with E-state index in [1.54, 1.807) is 0 Å². The Morgan fingerprint density at radius 1 is 1.00 bits per heavy atom. The van der Waals surface area contributed by atoms with Crippen LogP contribution < -0.4 is 0 Å². The highest BCUT2D eigenvalue weighted by atomic mass is 16.2. The highest BCUT2D eigenvalue weighted by Gasteiger charge is 2.33. The summed E-state index contributed by atoms with van der Waals surface area (Å²) in [7, 11) is 2.14. The minimum atomic E-state index is 0.180. The minimum absolute atomic E-state index is 0.180. The van der Waals surface area contributed by atoms with Gasteiger partial charge in [-0.05, 0) is 31.9 Å². The Bertz CT molecular complexity index is 470. The van der Waals surface area contributed by atoms with Gasteiger partial charge in [-0.15, -0.1) is 0 Å². The van der Waals surface area contributed by atoms with Gasteiger partial charge in [-0.3, -0.25) is 0 Å². The lowest BCUT2D eigenvalue weighted by molar-refractivity contribution is 0.0806. The summed E-state index contributed by atoms with van der Waals surface area (Å²) in [6.07, 6.45) is 3.56. The van der Waals surface area contributed by atoms with E-state index in [4.69, 9.17) is 0 Å². The van der Waals surface area contributed by atoms with E-state index in [0.29, 0.717) is 0 Å². The zero-order valence-electron chi connectivity index (χ0n) is 12.9. The monoisotopic (exact) mass is 287 g/mol. The SMILES string of the molecule is CN1CCN(C(=O)N2CCCCC2)C(c2ccccc2)C1. The normalized spacial score (nSPS) is 24.1. The lowest BCUT2D eigenvalue weighted by atomic mass is 10.0. The summed E-state index contributed by atoms with van der Waals surface area (Å²) in [4.78, 5) is 19.3. The maximum Gasteiger partial charge on any atom is 0.320 e.